The van der Waals surface area contributed by atoms with Gasteiger partial charge in [0.2, 0.25) is 0 Å². The Kier molecular flexibility index (Phi) is 4.35. The number of hydrogen-bond donors (Lipinski definition) is 1. The quantitative estimate of drug-likeness (QED) is 0.750. The highest BCUT2D eigenvalue weighted by molar-refractivity contribution is 4.79. The summed E-state index contributed by atoms with van der Waals surface area (Å²) in [5.74, 6) is 0.512. The average molecular weight is 201 g/mol. The Balaban J connectivity index is 2.29. The SMILES string of the molecule is COC(C)(C)CCC1COCCC1N. The molecule has 0 aromatic heterocycles. The van der Waals surface area contributed by atoms with Crippen LogP contribution >= 0.6 is 0 Å². The molecule has 1 fully saturated rings. The average Bonchev–Trinajstić information content (AvgIpc) is 2.17. The highest BCUT2D eigenvalue weighted by Crippen LogP contribution is 2.23. The normalized spacial score (nSPS) is 29.1. The van der Waals surface area contributed by atoms with E-state index in [4.69, 9.17) is 15.2 Å². The fourth-order valence-electron chi connectivity index (χ4n) is 1.75. The first kappa shape index (κ1) is 12.0. The van der Waals surface area contributed by atoms with E-state index in [1.807, 2.05) is 0 Å². The number of hydrogen-bond acceptors (Lipinski definition) is 3. The van der Waals surface area contributed by atoms with Crippen molar-refractivity contribution in [3.8, 4) is 0 Å². The number of nitrogens with two attached hydrogens (primary N) is 1. The maximum absolute atomic E-state index is 6.03. The van der Waals surface area contributed by atoms with Crippen molar-refractivity contribution >= 4 is 0 Å². The third-order valence-corrected chi connectivity index (χ3v) is 3.20. The zero-order valence-electron chi connectivity index (χ0n) is 9.58. The lowest BCUT2D eigenvalue weighted by molar-refractivity contribution is -0.00666. The van der Waals surface area contributed by atoms with Crippen molar-refractivity contribution in [1.82, 2.24) is 0 Å². The van der Waals surface area contributed by atoms with Crippen LogP contribution in [0, 0.1) is 5.92 Å². The molecule has 14 heavy (non-hydrogen) atoms. The van der Waals surface area contributed by atoms with E-state index in [2.05, 4.69) is 13.8 Å². The second kappa shape index (κ2) is 5.10. The molecule has 1 rings (SSSR count). The van der Waals surface area contributed by atoms with Gasteiger partial charge in [0.05, 0.1) is 12.2 Å². The summed E-state index contributed by atoms with van der Waals surface area (Å²) in [6, 6.07) is 0.316. The molecule has 0 aromatic rings. The molecule has 2 N–H and O–H groups in total. The summed E-state index contributed by atoms with van der Waals surface area (Å²) in [5.41, 5.74) is 6.00. The number of methoxy groups -OCH3 is 1. The van der Waals surface area contributed by atoms with Gasteiger partial charge < -0.3 is 15.2 Å². The standard InChI is InChI=1S/C11H23NO2/c1-11(2,13-3)6-4-9-8-14-7-5-10(9)12/h9-10H,4-8,12H2,1-3H3. The van der Waals surface area contributed by atoms with Gasteiger partial charge >= 0.3 is 0 Å². The van der Waals surface area contributed by atoms with E-state index in [1.54, 1.807) is 7.11 Å². The predicted molar refractivity (Wildman–Crippen MR) is 57.2 cm³/mol. The van der Waals surface area contributed by atoms with Gasteiger partial charge in [0.25, 0.3) is 0 Å². The zero-order valence-corrected chi connectivity index (χ0v) is 9.58. The van der Waals surface area contributed by atoms with Crippen LogP contribution in [0.4, 0.5) is 0 Å². The second-order valence-electron chi connectivity index (χ2n) is 4.79. The summed E-state index contributed by atoms with van der Waals surface area (Å²) in [7, 11) is 1.76. The first-order valence-corrected chi connectivity index (χ1v) is 5.43. The van der Waals surface area contributed by atoms with Crippen LogP contribution in [-0.4, -0.2) is 32.0 Å². The Labute approximate surface area is 86.9 Å². The van der Waals surface area contributed by atoms with Crippen LogP contribution < -0.4 is 5.73 Å². The molecule has 3 heteroatoms. The van der Waals surface area contributed by atoms with Crippen molar-refractivity contribution in [3.63, 3.8) is 0 Å². The van der Waals surface area contributed by atoms with E-state index in [9.17, 15) is 0 Å². The van der Waals surface area contributed by atoms with Crippen LogP contribution in [0.3, 0.4) is 0 Å². The van der Waals surface area contributed by atoms with Gasteiger partial charge in [-0.15, -0.1) is 0 Å². The van der Waals surface area contributed by atoms with Crippen LogP contribution in [0.2, 0.25) is 0 Å². The van der Waals surface area contributed by atoms with Gasteiger partial charge in [-0.2, -0.15) is 0 Å². The largest absolute Gasteiger partial charge is 0.381 e. The molecule has 84 valence electrons. The van der Waals surface area contributed by atoms with Crippen molar-refractivity contribution < 1.29 is 9.47 Å². The molecule has 0 amide bonds. The minimum Gasteiger partial charge on any atom is -0.381 e. The molecule has 2 unspecified atom stereocenters. The minimum atomic E-state index is -0.0306. The van der Waals surface area contributed by atoms with Gasteiger partial charge in [0.1, 0.15) is 0 Å². The molecule has 1 aliphatic rings. The van der Waals surface area contributed by atoms with Gasteiger partial charge in [0.15, 0.2) is 0 Å². The lowest BCUT2D eigenvalue weighted by atomic mass is 9.88. The van der Waals surface area contributed by atoms with Crippen LogP contribution in [-0.2, 0) is 9.47 Å². The van der Waals surface area contributed by atoms with Crippen LogP contribution in [0.15, 0.2) is 0 Å². The minimum absolute atomic E-state index is 0.0306. The van der Waals surface area contributed by atoms with E-state index in [-0.39, 0.29) is 5.60 Å². The lowest BCUT2D eigenvalue weighted by Gasteiger charge is -2.31. The van der Waals surface area contributed by atoms with Gasteiger partial charge in [-0.3, -0.25) is 0 Å². The smallest absolute Gasteiger partial charge is 0.0622 e. The van der Waals surface area contributed by atoms with E-state index >= 15 is 0 Å². The highest BCUT2D eigenvalue weighted by atomic mass is 16.5. The monoisotopic (exact) mass is 201 g/mol. The van der Waals surface area contributed by atoms with Gasteiger partial charge in [-0.25, -0.2) is 0 Å². The molecule has 0 aromatic carbocycles. The summed E-state index contributed by atoms with van der Waals surface area (Å²) in [6.45, 7) is 5.87. The Morgan fingerprint density at radius 3 is 2.79 bits per heavy atom. The Morgan fingerprint density at radius 2 is 2.21 bits per heavy atom. The molecule has 1 saturated heterocycles. The molecule has 1 aliphatic heterocycles. The summed E-state index contributed by atoms with van der Waals surface area (Å²) < 4.78 is 10.8. The van der Waals surface area contributed by atoms with Gasteiger partial charge in [0, 0.05) is 19.8 Å². The summed E-state index contributed by atoms with van der Waals surface area (Å²) in [6.07, 6.45) is 3.14. The van der Waals surface area contributed by atoms with Gasteiger partial charge in [-0.1, -0.05) is 0 Å². The molecule has 0 aliphatic carbocycles. The topological polar surface area (TPSA) is 44.5 Å². The van der Waals surface area contributed by atoms with Crippen molar-refractivity contribution in [2.45, 2.75) is 44.8 Å². The first-order chi connectivity index (χ1) is 6.55. The molecule has 2 atom stereocenters. The van der Waals surface area contributed by atoms with E-state index in [0.717, 1.165) is 32.5 Å². The van der Waals surface area contributed by atoms with Crippen LogP contribution in [0.5, 0.6) is 0 Å². The highest BCUT2D eigenvalue weighted by Gasteiger charge is 2.25. The Morgan fingerprint density at radius 1 is 1.50 bits per heavy atom. The number of ether oxygens (including phenoxy) is 2. The van der Waals surface area contributed by atoms with Crippen LogP contribution in [0.1, 0.15) is 33.1 Å². The number of rotatable bonds is 4. The third kappa shape index (κ3) is 3.56. The van der Waals surface area contributed by atoms with Crippen molar-refractivity contribution in [2.75, 3.05) is 20.3 Å². The Hall–Kier alpha value is -0.120. The molecular weight excluding hydrogens is 178 g/mol. The summed E-state index contributed by atoms with van der Waals surface area (Å²) in [5, 5.41) is 0. The predicted octanol–water partition coefficient (Wildman–Crippen LogP) is 1.56. The summed E-state index contributed by atoms with van der Waals surface area (Å²) in [4.78, 5) is 0. The van der Waals surface area contributed by atoms with E-state index in [0.29, 0.717) is 12.0 Å². The maximum atomic E-state index is 6.03. The summed E-state index contributed by atoms with van der Waals surface area (Å²) >= 11 is 0. The third-order valence-electron chi connectivity index (χ3n) is 3.20. The Bertz CT molecular complexity index is 171. The molecule has 3 nitrogen and oxygen atoms in total. The molecule has 1 heterocycles. The van der Waals surface area contributed by atoms with Crippen molar-refractivity contribution in [1.29, 1.82) is 0 Å². The fraction of sp³-hybridized carbons (Fsp3) is 1.00. The zero-order chi connectivity index (χ0) is 10.6. The second-order valence-corrected chi connectivity index (χ2v) is 4.79. The molecule has 0 saturated carbocycles. The fourth-order valence-corrected chi connectivity index (χ4v) is 1.75. The van der Waals surface area contributed by atoms with E-state index < -0.39 is 0 Å². The van der Waals surface area contributed by atoms with E-state index in [1.165, 1.54) is 0 Å². The molecule has 0 spiro atoms. The van der Waals surface area contributed by atoms with Crippen molar-refractivity contribution in [2.24, 2.45) is 11.7 Å². The van der Waals surface area contributed by atoms with Gasteiger partial charge in [-0.05, 0) is 39.0 Å². The molecule has 0 radical (unpaired) electrons. The molecule has 0 bridgehead atoms. The lowest BCUT2D eigenvalue weighted by Crippen LogP contribution is -2.39. The van der Waals surface area contributed by atoms with Crippen molar-refractivity contribution in [3.05, 3.63) is 0 Å². The maximum Gasteiger partial charge on any atom is 0.0622 e. The first-order valence-electron chi connectivity index (χ1n) is 5.43. The molecular formula is C11H23NO2. The van der Waals surface area contributed by atoms with Crippen LogP contribution in [0.25, 0.3) is 0 Å².